The SMILES string of the molecule is CCOCCn1c(=NC(=O)c2ccccc2)sc2cccc(OC)c21. The van der Waals surface area contributed by atoms with Crippen LogP contribution >= 0.6 is 11.3 Å². The molecule has 130 valence electrons. The number of fused-ring (bicyclic) bond motifs is 1. The van der Waals surface area contributed by atoms with Crippen molar-refractivity contribution in [3.63, 3.8) is 0 Å². The van der Waals surface area contributed by atoms with Crippen LogP contribution in [0.3, 0.4) is 0 Å². The standard InChI is InChI=1S/C19H20N2O3S/c1-3-24-13-12-21-17-15(23-2)10-7-11-16(17)25-19(21)20-18(22)14-8-5-4-6-9-14/h4-11H,3,12-13H2,1-2H3. The molecule has 6 heteroatoms. The van der Waals surface area contributed by atoms with Crippen LogP contribution in [0.25, 0.3) is 10.2 Å². The van der Waals surface area contributed by atoms with Crippen molar-refractivity contribution in [3.8, 4) is 5.75 Å². The number of thiazole rings is 1. The Balaban J connectivity index is 2.11. The molecule has 0 fully saturated rings. The third-order valence-electron chi connectivity index (χ3n) is 3.77. The summed E-state index contributed by atoms with van der Waals surface area (Å²) < 4.78 is 14.0. The number of hydrogen-bond donors (Lipinski definition) is 0. The molecule has 25 heavy (non-hydrogen) atoms. The van der Waals surface area contributed by atoms with Crippen LogP contribution in [0.1, 0.15) is 17.3 Å². The van der Waals surface area contributed by atoms with Gasteiger partial charge in [0.15, 0.2) is 4.80 Å². The Hall–Kier alpha value is -2.44. The van der Waals surface area contributed by atoms with Crippen molar-refractivity contribution in [2.75, 3.05) is 20.3 Å². The molecule has 0 unspecified atom stereocenters. The van der Waals surface area contributed by atoms with Crippen LogP contribution in [0.2, 0.25) is 0 Å². The lowest BCUT2D eigenvalue weighted by Gasteiger charge is -2.08. The summed E-state index contributed by atoms with van der Waals surface area (Å²) in [6, 6.07) is 14.9. The molecule has 0 spiro atoms. The van der Waals surface area contributed by atoms with Gasteiger partial charge in [-0.25, -0.2) is 0 Å². The number of hydrogen-bond acceptors (Lipinski definition) is 4. The van der Waals surface area contributed by atoms with Crippen LogP contribution in [-0.4, -0.2) is 30.8 Å². The van der Waals surface area contributed by atoms with Crippen molar-refractivity contribution in [2.45, 2.75) is 13.5 Å². The van der Waals surface area contributed by atoms with E-state index in [1.165, 1.54) is 11.3 Å². The fourth-order valence-corrected chi connectivity index (χ4v) is 3.66. The lowest BCUT2D eigenvalue weighted by atomic mass is 10.2. The summed E-state index contributed by atoms with van der Waals surface area (Å²) in [6.45, 7) is 3.76. The molecule has 0 bridgehead atoms. The topological polar surface area (TPSA) is 52.8 Å². The largest absolute Gasteiger partial charge is 0.495 e. The fraction of sp³-hybridized carbons (Fsp3) is 0.263. The Morgan fingerprint density at radius 3 is 2.68 bits per heavy atom. The summed E-state index contributed by atoms with van der Waals surface area (Å²) in [4.78, 5) is 17.5. The van der Waals surface area contributed by atoms with Gasteiger partial charge in [0.2, 0.25) is 0 Å². The first-order valence-corrected chi connectivity index (χ1v) is 8.94. The summed E-state index contributed by atoms with van der Waals surface area (Å²) in [5, 5.41) is 0. The van der Waals surface area contributed by atoms with E-state index in [4.69, 9.17) is 9.47 Å². The Bertz CT molecular complexity index is 929. The quantitative estimate of drug-likeness (QED) is 0.635. The van der Waals surface area contributed by atoms with E-state index >= 15 is 0 Å². The van der Waals surface area contributed by atoms with E-state index in [0.717, 1.165) is 16.0 Å². The first-order valence-electron chi connectivity index (χ1n) is 8.12. The average Bonchev–Trinajstić information content (AvgIpc) is 3.00. The van der Waals surface area contributed by atoms with E-state index in [1.54, 1.807) is 19.2 Å². The van der Waals surface area contributed by atoms with Crippen LogP contribution in [0, 0.1) is 0 Å². The first-order chi connectivity index (χ1) is 12.2. The molecule has 5 nitrogen and oxygen atoms in total. The Morgan fingerprint density at radius 2 is 1.96 bits per heavy atom. The van der Waals surface area contributed by atoms with E-state index in [0.29, 0.717) is 30.1 Å². The molecule has 0 N–H and O–H groups in total. The van der Waals surface area contributed by atoms with Crippen LogP contribution in [0.5, 0.6) is 5.75 Å². The van der Waals surface area contributed by atoms with Crippen molar-refractivity contribution in [1.82, 2.24) is 4.57 Å². The zero-order valence-corrected chi connectivity index (χ0v) is 15.1. The maximum Gasteiger partial charge on any atom is 0.279 e. The van der Waals surface area contributed by atoms with Gasteiger partial charge >= 0.3 is 0 Å². The zero-order valence-electron chi connectivity index (χ0n) is 14.3. The van der Waals surface area contributed by atoms with E-state index < -0.39 is 0 Å². The minimum Gasteiger partial charge on any atom is -0.495 e. The highest BCUT2D eigenvalue weighted by molar-refractivity contribution is 7.16. The molecule has 1 aromatic heterocycles. The Labute approximate surface area is 150 Å². The lowest BCUT2D eigenvalue weighted by molar-refractivity contribution is 0.0996. The predicted molar refractivity (Wildman–Crippen MR) is 99.2 cm³/mol. The summed E-state index contributed by atoms with van der Waals surface area (Å²) in [5.74, 6) is 0.509. The van der Waals surface area contributed by atoms with Gasteiger partial charge in [-0.15, -0.1) is 0 Å². The smallest absolute Gasteiger partial charge is 0.279 e. The monoisotopic (exact) mass is 356 g/mol. The van der Waals surface area contributed by atoms with Gasteiger partial charge in [0.25, 0.3) is 5.91 Å². The number of aromatic nitrogens is 1. The minimum atomic E-state index is -0.253. The number of carbonyl (C=O) groups is 1. The number of para-hydroxylation sites is 1. The van der Waals surface area contributed by atoms with Gasteiger partial charge in [0, 0.05) is 18.7 Å². The molecule has 3 rings (SSSR count). The Kier molecular flexibility index (Phi) is 5.63. The maximum absolute atomic E-state index is 12.5. The fourth-order valence-electron chi connectivity index (χ4n) is 2.59. The normalized spacial score (nSPS) is 11.8. The summed E-state index contributed by atoms with van der Waals surface area (Å²) in [5.41, 5.74) is 1.51. The van der Waals surface area contributed by atoms with Crippen molar-refractivity contribution >= 4 is 27.5 Å². The second-order valence-corrected chi connectivity index (χ2v) is 6.33. The van der Waals surface area contributed by atoms with E-state index in [-0.39, 0.29) is 5.91 Å². The van der Waals surface area contributed by atoms with Gasteiger partial charge in [-0.2, -0.15) is 4.99 Å². The minimum absolute atomic E-state index is 0.253. The molecule has 0 aliphatic rings. The van der Waals surface area contributed by atoms with Crippen LogP contribution in [-0.2, 0) is 11.3 Å². The number of carbonyl (C=O) groups excluding carboxylic acids is 1. The van der Waals surface area contributed by atoms with E-state index in [1.807, 2.05) is 47.9 Å². The second kappa shape index (κ2) is 8.09. The molecular formula is C19H20N2O3S. The molecular weight excluding hydrogens is 336 g/mol. The van der Waals surface area contributed by atoms with Crippen LogP contribution in [0.4, 0.5) is 0 Å². The molecule has 0 saturated heterocycles. The lowest BCUT2D eigenvalue weighted by Crippen LogP contribution is -2.20. The predicted octanol–water partition coefficient (Wildman–Crippen LogP) is 3.49. The number of rotatable bonds is 6. The Morgan fingerprint density at radius 1 is 1.16 bits per heavy atom. The molecule has 3 aromatic rings. The number of nitrogens with zero attached hydrogens (tertiary/aromatic N) is 2. The van der Waals surface area contributed by atoms with Gasteiger partial charge in [-0.05, 0) is 31.2 Å². The molecule has 1 amide bonds. The van der Waals surface area contributed by atoms with Gasteiger partial charge in [-0.3, -0.25) is 4.79 Å². The number of amides is 1. The molecule has 0 aliphatic heterocycles. The summed E-state index contributed by atoms with van der Waals surface area (Å²) in [7, 11) is 1.64. The number of benzene rings is 2. The third-order valence-corrected chi connectivity index (χ3v) is 4.81. The second-order valence-electron chi connectivity index (χ2n) is 5.32. The van der Waals surface area contributed by atoms with Crippen LogP contribution < -0.4 is 9.54 Å². The van der Waals surface area contributed by atoms with Crippen molar-refractivity contribution in [3.05, 3.63) is 58.9 Å². The molecule has 0 saturated carbocycles. The van der Waals surface area contributed by atoms with Crippen molar-refractivity contribution < 1.29 is 14.3 Å². The van der Waals surface area contributed by atoms with Crippen molar-refractivity contribution in [1.29, 1.82) is 0 Å². The third kappa shape index (κ3) is 3.81. The van der Waals surface area contributed by atoms with Crippen molar-refractivity contribution in [2.24, 2.45) is 4.99 Å². The zero-order chi connectivity index (χ0) is 17.6. The molecule has 0 atom stereocenters. The summed E-state index contributed by atoms with van der Waals surface area (Å²) in [6.07, 6.45) is 0. The van der Waals surface area contributed by atoms with Gasteiger partial charge in [0.1, 0.15) is 11.3 Å². The van der Waals surface area contributed by atoms with Gasteiger partial charge in [0.05, 0.1) is 18.4 Å². The highest BCUT2D eigenvalue weighted by Crippen LogP contribution is 2.27. The van der Waals surface area contributed by atoms with Gasteiger partial charge in [-0.1, -0.05) is 35.6 Å². The molecule has 0 aliphatic carbocycles. The maximum atomic E-state index is 12.5. The van der Waals surface area contributed by atoms with Crippen LogP contribution in [0.15, 0.2) is 53.5 Å². The highest BCUT2D eigenvalue weighted by atomic mass is 32.1. The summed E-state index contributed by atoms with van der Waals surface area (Å²) >= 11 is 1.47. The first kappa shape index (κ1) is 17.4. The van der Waals surface area contributed by atoms with Gasteiger partial charge < -0.3 is 14.0 Å². The molecule has 0 radical (unpaired) electrons. The molecule has 1 heterocycles. The van der Waals surface area contributed by atoms with E-state index in [2.05, 4.69) is 4.99 Å². The average molecular weight is 356 g/mol. The number of methoxy groups -OCH3 is 1. The number of ether oxygens (including phenoxy) is 2. The highest BCUT2D eigenvalue weighted by Gasteiger charge is 2.12. The van der Waals surface area contributed by atoms with E-state index in [9.17, 15) is 4.79 Å². The molecule has 2 aromatic carbocycles.